The summed E-state index contributed by atoms with van der Waals surface area (Å²) in [6.45, 7) is 0.916. The molecule has 9 heteroatoms. The molecule has 1 N–H and O–H groups in total. The lowest BCUT2D eigenvalue weighted by atomic mass is 10.2. The average molecular weight is 397 g/mol. The van der Waals surface area contributed by atoms with Gasteiger partial charge in [-0.15, -0.1) is 0 Å². The second-order valence-corrected chi connectivity index (χ2v) is 8.51. The first-order valence-electron chi connectivity index (χ1n) is 8.72. The summed E-state index contributed by atoms with van der Waals surface area (Å²) in [4.78, 5) is 12.5. The molecule has 0 radical (unpaired) electrons. The maximum absolute atomic E-state index is 13.7. The van der Waals surface area contributed by atoms with Gasteiger partial charge in [0.1, 0.15) is 22.2 Å². The van der Waals surface area contributed by atoms with Crippen LogP contribution in [-0.4, -0.2) is 36.3 Å². The number of nitrogens with zero attached hydrogens (tertiary/aromatic N) is 2. The normalized spacial score (nSPS) is 16.1. The van der Waals surface area contributed by atoms with Crippen molar-refractivity contribution in [1.29, 1.82) is 0 Å². The number of hydrogen-bond acceptors (Lipinski definition) is 3. The smallest absolute Gasteiger partial charge is 0.272 e. The molecule has 1 saturated heterocycles. The number of carbonyl (C=O) groups is 1. The van der Waals surface area contributed by atoms with E-state index in [1.807, 2.05) is 0 Å². The zero-order valence-corrected chi connectivity index (χ0v) is 15.7. The van der Waals surface area contributed by atoms with Gasteiger partial charge in [-0.05, 0) is 31.0 Å². The molecule has 1 fully saturated rings. The van der Waals surface area contributed by atoms with Crippen molar-refractivity contribution in [2.24, 2.45) is 7.05 Å². The van der Waals surface area contributed by atoms with Gasteiger partial charge < -0.3 is 9.88 Å². The van der Waals surface area contributed by atoms with Crippen molar-refractivity contribution in [3.63, 3.8) is 0 Å². The molecule has 0 unspecified atom stereocenters. The molecule has 6 nitrogen and oxygen atoms in total. The van der Waals surface area contributed by atoms with Gasteiger partial charge >= 0.3 is 0 Å². The van der Waals surface area contributed by atoms with Crippen LogP contribution in [0.2, 0.25) is 0 Å². The van der Waals surface area contributed by atoms with Gasteiger partial charge in [-0.25, -0.2) is 17.2 Å². The van der Waals surface area contributed by atoms with Gasteiger partial charge in [0.05, 0.1) is 5.69 Å². The summed E-state index contributed by atoms with van der Waals surface area (Å²) in [5.74, 6) is -2.34. The van der Waals surface area contributed by atoms with Crippen molar-refractivity contribution in [3.05, 3.63) is 47.8 Å². The fourth-order valence-corrected chi connectivity index (χ4v) is 4.70. The van der Waals surface area contributed by atoms with Crippen molar-refractivity contribution < 1.29 is 22.0 Å². The van der Waals surface area contributed by atoms with E-state index < -0.39 is 27.6 Å². The fourth-order valence-electron chi connectivity index (χ4n) is 3.11. The number of benzene rings is 1. The number of aryl methyl sites for hydroxylation is 1. The fraction of sp³-hybridized carbons (Fsp3) is 0.389. The molecular weight excluding hydrogens is 376 g/mol. The van der Waals surface area contributed by atoms with Crippen LogP contribution in [0.3, 0.4) is 0 Å². The summed E-state index contributed by atoms with van der Waals surface area (Å²) in [5, 5.41) is 2.34. The van der Waals surface area contributed by atoms with Gasteiger partial charge in [0.25, 0.3) is 5.91 Å². The zero-order chi connectivity index (χ0) is 19.6. The Morgan fingerprint density at radius 2 is 1.74 bits per heavy atom. The molecule has 0 saturated carbocycles. The highest BCUT2D eigenvalue weighted by Gasteiger charge is 2.28. The number of amides is 1. The Labute approximate surface area is 156 Å². The minimum absolute atomic E-state index is 0.0247. The number of halogens is 2. The number of carbonyl (C=O) groups excluding carboxylic acids is 1. The Hall–Kier alpha value is -2.26. The summed E-state index contributed by atoms with van der Waals surface area (Å²) in [5.41, 5.74) is -0.119. The van der Waals surface area contributed by atoms with Crippen LogP contribution in [0.4, 0.5) is 14.5 Å². The van der Waals surface area contributed by atoms with Crippen molar-refractivity contribution in [2.45, 2.75) is 30.6 Å². The first-order chi connectivity index (χ1) is 12.8. The topological polar surface area (TPSA) is 71.4 Å². The molecule has 0 bridgehead atoms. The maximum Gasteiger partial charge on any atom is 0.272 e. The van der Waals surface area contributed by atoms with Crippen LogP contribution in [-0.2, 0) is 17.1 Å². The van der Waals surface area contributed by atoms with Crippen LogP contribution < -0.4 is 5.32 Å². The number of rotatable bonds is 4. The molecule has 27 heavy (non-hydrogen) atoms. The molecule has 146 valence electrons. The first kappa shape index (κ1) is 19.5. The van der Waals surface area contributed by atoms with Crippen LogP contribution in [0, 0.1) is 11.6 Å². The zero-order valence-electron chi connectivity index (χ0n) is 14.9. The molecule has 1 aromatic carbocycles. The predicted octanol–water partition coefficient (Wildman–Crippen LogP) is 3.12. The number of aromatic nitrogens is 1. The molecule has 2 aromatic rings. The second-order valence-electron chi connectivity index (χ2n) is 6.57. The van der Waals surface area contributed by atoms with Crippen LogP contribution in [0.1, 0.15) is 36.2 Å². The molecular formula is C18H21F2N3O3S. The average Bonchev–Trinajstić information content (AvgIpc) is 2.82. The van der Waals surface area contributed by atoms with Gasteiger partial charge in [-0.1, -0.05) is 12.8 Å². The van der Waals surface area contributed by atoms with E-state index in [1.165, 1.54) is 28.2 Å². The van der Waals surface area contributed by atoms with E-state index in [-0.39, 0.29) is 16.3 Å². The number of sulfonamides is 1. The van der Waals surface area contributed by atoms with Gasteiger partial charge in [-0.2, -0.15) is 4.31 Å². The molecule has 1 aliphatic heterocycles. The molecule has 2 heterocycles. The molecule has 1 amide bonds. The monoisotopic (exact) mass is 397 g/mol. The Kier molecular flexibility index (Phi) is 5.61. The van der Waals surface area contributed by atoms with E-state index in [2.05, 4.69) is 5.32 Å². The van der Waals surface area contributed by atoms with E-state index in [0.29, 0.717) is 19.2 Å². The minimum Gasteiger partial charge on any atom is -0.345 e. The van der Waals surface area contributed by atoms with Gasteiger partial charge in [0, 0.05) is 32.4 Å². The first-order valence-corrected chi connectivity index (χ1v) is 10.2. The Balaban J connectivity index is 1.84. The molecule has 0 aliphatic carbocycles. The lowest BCUT2D eigenvalue weighted by molar-refractivity contribution is 0.101. The molecule has 1 aliphatic rings. The van der Waals surface area contributed by atoms with Crippen LogP contribution in [0.15, 0.2) is 35.4 Å². The highest BCUT2D eigenvalue weighted by molar-refractivity contribution is 7.89. The van der Waals surface area contributed by atoms with Crippen molar-refractivity contribution >= 4 is 21.6 Å². The maximum atomic E-state index is 13.7. The van der Waals surface area contributed by atoms with Gasteiger partial charge in [-0.3, -0.25) is 4.79 Å². The van der Waals surface area contributed by atoms with Gasteiger partial charge in [0.15, 0.2) is 0 Å². The SMILES string of the molecule is Cn1cc(S(=O)(=O)N2CCCCCC2)cc1C(=O)Nc1ccc(F)cc1F. The third-order valence-electron chi connectivity index (χ3n) is 4.59. The summed E-state index contributed by atoms with van der Waals surface area (Å²) < 4.78 is 55.3. The number of anilines is 1. The molecule has 0 spiro atoms. The van der Waals surface area contributed by atoms with Crippen LogP contribution in [0.5, 0.6) is 0 Å². The lowest BCUT2D eigenvalue weighted by Gasteiger charge is -2.18. The van der Waals surface area contributed by atoms with Crippen molar-refractivity contribution in [2.75, 3.05) is 18.4 Å². The van der Waals surface area contributed by atoms with Crippen LogP contribution in [0.25, 0.3) is 0 Å². The van der Waals surface area contributed by atoms with E-state index in [4.69, 9.17) is 0 Å². The van der Waals surface area contributed by atoms with E-state index >= 15 is 0 Å². The van der Waals surface area contributed by atoms with Crippen LogP contribution >= 0.6 is 0 Å². The van der Waals surface area contributed by atoms with Crippen molar-refractivity contribution in [3.8, 4) is 0 Å². The summed E-state index contributed by atoms with van der Waals surface area (Å²) in [6, 6.07) is 4.08. The highest BCUT2D eigenvalue weighted by atomic mass is 32.2. The number of nitrogens with one attached hydrogen (secondary N) is 1. The minimum atomic E-state index is -3.70. The van der Waals surface area contributed by atoms with Gasteiger partial charge in [0.2, 0.25) is 10.0 Å². The van der Waals surface area contributed by atoms with E-state index in [1.54, 1.807) is 0 Å². The largest absolute Gasteiger partial charge is 0.345 e. The summed E-state index contributed by atoms with van der Waals surface area (Å²) >= 11 is 0. The van der Waals surface area contributed by atoms with E-state index in [9.17, 15) is 22.0 Å². The quantitative estimate of drug-likeness (QED) is 0.862. The molecule has 3 rings (SSSR count). The third-order valence-corrected chi connectivity index (χ3v) is 6.46. The second kappa shape index (κ2) is 7.77. The third kappa shape index (κ3) is 4.19. The molecule has 1 aromatic heterocycles. The Bertz CT molecular complexity index is 949. The summed E-state index contributed by atoms with van der Waals surface area (Å²) in [6.07, 6.45) is 4.98. The number of hydrogen-bond donors (Lipinski definition) is 1. The standard InChI is InChI=1S/C18H21F2N3O3S/c1-22-12-14(27(25,26)23-8-4-2-3-5-9-23)11-17(22)18(24)21-16-7-6-13(19)10-15(16)20/h6-7,10-12H,2-5,8-9H2,1H3,(H,21,24). The lowest BCUT2D eigenvalue weighted by Crippen LogP contribution is -2.31. The predicted molar refractivity (Wildman–Crippen MR) is 97.0 cm³/mol. The highest BCUT2D eigenvalue weighted by Crippen LogP contribution is 2.23. The Morgan fingerprint density at radius 3 is 2.37 bits per heavy atom. The molecule has 0 atom stereocenters. The Morgan fingerprint density at radius 1 is 1.07 bits per heavy atom. The summed E-state index contributed by atoms with van der Waals surface area (Å²) in [7, 11) is -2.16. The van der Waals surface area contributed by atoms with E-state index in [0.717, 1.165) is 37.8 Å². The van der Waals surface area contributed by atoms with Crippen molar-refractivity contribution in [1.82, 2.24) is 8.87 Å².